The fraction of sp³-hybridized carbons (Fsp3) is 0.929. The molecule has 22 heavy (non-hydrogen) atoms. The van der Waals surface area contributed by atoms with Gasteiger partial charge in [0.25, 0.3) is 0 Å². The number of nitrogens with zero attached hydrogens (tertiary/aromatic N) is 2. The summed E-state index contributed by atoms with van der Waals surface area (Å²) < 4.78 is 22.3. The second kappa shape index (κ2) is 13.4. The van der Waals surface area contributed by atoms with Crippen LogP contribution in [0, 0.1) is 0 Å². The van der Waals surface area contributed by atoms with E-state index in [0.717, 1.165) is 25.6 Å². The van der Waals surface area contributed by atoms with E-state index in [-0.39, 0.29) is 35.8 Å². The Labute approximate surface area is 153 Å². The van der Waals surface area contributed by atoms with Gasteiger partial charge in [-0.3, -0.25) is 4.99 Å². The molecular weight excluding hydrogens is 415 g/mol. The maximum absolute atomic E-state index is 11.1. The van der Waals surface area contributed by atoms with Gasteiger partial charge < -0.3 is 15.5 Å². The normalized spacial score (nSPS) is 13.6. The Morgan fingerprint density at radius 1 is 1.32 bits per heavy atom. The highest BCUT2D eigenvalue weighted by molar-refractivity contribution is 14.0. The van der Waals surface area contributed by atoms with Crippen molar-refractivity contribution in [3.63, 3.8) is 0 Å². The minimum atomic E-state index is -2.91. The lowest BCUT2D eigenvalue weighted by atomic mass is 10.3. The molecule has 0 aliphatic rings. The number of sulfone groups is 1. The fourth-order valence-corrected chi connectivity index (χ4v) is 2.58. The number of hydrogen-bond acceptors (Lipinski definition) is 4. The monoisotopic (exact) mass is 448 g/mol. The summed E-state index contributed by atoms with van der Waals surface area (Å²) >= 11 is 0. The van der Waals surface area contributed by atoms with Crippen LogP contribution in [0.4, 0.5) is 0 Å². The Bertz CT molecular complexity index is 402. The molecule has 0 saturated carbocycles. The van der Waals surface area contributed by atoms with Crippen molar-refractivity contribution in [1.82, 2.24) is 15.5 Å². The highest BCUT2D eigenvalue weighted by Gasteiger charge is 2.09. The van der Waals surface area contributed by atoms with Gasteiger partial charge in [0.1, 0.15) is 9.84 Å². The second-order valence-corrected chi connectivity index (χ2v) is 7.88. The van der Waals surface area contributed by atoms with Crippen molar-refractivity contribution in [2.24, 2.45) is 4.99 Å². The Morgan fingerprint density at radius 2 is 1.95 bits per heavy atom. The summed E-state index contributed by atoms with van der Waals surface area (Å²) in [6.45, 7) is 7.03. The second-order valence-electron chi connectivity index (χ2n) is 5.62. The topological polar surface area (TPSA) is 73.8 Å². The minimum absolute atomic E-state index is 0. The molecule has 0 rings (SSSR count). The first kappa shape index (κ1) is 24.2. The van der Waals surface area contributed by atoms with Gasteiger partial charge in [0, 0.05) is 32.4 Å². The molecule has 0 heterocycles. The molecule has 0 aromatic heterocycles. The molecule has 0 radical (unpaired) electrons. The molecule has 0 saturated heterocycles. The number of guanidine groups is 1. The fourth-order valence-electron chi connectivity index (χ4n) is 1.80. The first-order valence-electron chi connectivity index (χ1n) is 7.62. The predicted octanol–water partition coefficient (Wildman–Crippen LogP) is 1.32. The zero-order valence-corrected chi connectivity index (χ0v) is 17.7. The van der Waals surface area contributed by atoms with Gasteiger partial charge in [0.05, 0.1) is 5.75 Å². The highest BCUT2D eigenvalue weighted by Crippen LogP contribution is 1.95. The highest BCUT2D eigenvalue weighted by atomic mass is 127. The van der Waals surface area contributed by atoms with E-state index in [1.165, 1.54) is 19.1 Å². The molecule has 0 spiro atoms. The van der Waals surface area contributed by atoms with Gasteiger partial charge in [-0.2, -0.15) is 0 Å². The number of aliphatic imine (C=N–C) groups is 1. The van der Waals surface area contributed by atoms with Gasteiger partial charge >= 0.3 is 0 Å². The zero-order valence-electron chi connectivity index (χ0n) is 14.6. The molecule has 0 amide bonds. The number of hydrogen-bond donors (Lipinski definition) is 2. The van der Waals surface area contributed by atoms with Gasteiger partial charge in [0.15, 0.2) is 5.96 Å². The third-order valence-corrected chi connectivity index (χ3v) is 4.19. The van der Waals surface area contributed by atoms with E-state index in [9.17, 15) is 8.42 Å². The summed E-state index contributed by atoms with van der Waals surface area (Å²) in [4.78, 5) is 6.45. The van der Waals surface area contributed by atoms with E-state index in [1.54, 1.807) is 7.05 Å². The molecule has 134 valence electrons. The molecule has 0 aliphatic carbocycles. The Kier molecular flexibility index (Phi) is 14.7. The molecule has 0 aromatic carbocycles. The average molecular weight is 448 g/mol. The Balaban J connectivity index is 0. The first-order chi connectivity index (χ1) is 9.78. The molecule has 2 N–H and O–H groups in total. The van der Waals surface area contributed by atoms with Crippen molar-refractivity contribution in [2.75, 3.05) is 45.7 Å². The molecule has 8 heteroatoms. The van der Waals surface area contributed by atoms with Crippen LogP contribution in [0.25, 0.3) is 0 Å². The standard InChI is InChI=1S/C14H32N4O2S.HI/c1-6-7-10-18(4)11-9-16-14(15-3)17-13(2)8-12-21(5,19)20;/h13H,6-12H2,1-5H3,(H2,15,16,17);1H. The van der Waals surface area contributed by atoms with E-state index >= 15 is 0 Å². The van der Waals surface area contributed by atoms with E-state index in [1.807, 2.05) is 6.92 Å². The van der Waals surface area contributed by atoms with E-state index < -0.39 is 9.84 Å². The van der Waals surface area contributed by atoms with Crippen molar-refractivity contribution in [3.8, 4) is 0 Å². The molecule has 0 bridgehead atoms. The maximum Gasteiger partial charge on any atom is 0.191 e. The lowest BCUT2D eigenvalue weighted by Gasteiger charge is -2.20. The van der Waals surface area contributed by atoms with Crippen LogP contribution in [-0.2, 0) is 9.84 Å². The van der Waals surface area contributed by atoms with Crippen LogP contribution in [0.1, 0.15) is 33.1 Å². The summed E-state index contributed by atoms with van der Waals surface area (Å²) in [5.74, 6) is 0.915. The summed E-state index contributed by atoms with van der Waals surface area (Å²) in [6, 6.07) is 0.0729. The smallest absolute Gasteiger partial charge is 0.191 e. The van der Waals surface area contributed by atoms with Crippen LogP contribution in [0.3, 0.4) is 0 Å². The number of halogens is 1. The lowest BCUT2D eigenvalue weighted by molar-refractivity contribution is 0.332. The summed E-state index contributed by atoms with van der Waals surface area (Å²) in [5, 5.41) is 6.46. The van der Waals surface area contributed by atoms with E-state index in [2.05, 4.69) is 34.5 Å². The van der Waals surface area contributed by atoms with Crippen LogP contribution in [0.2, 0.25) is 0 Å². The molecule has 0 aliphatic heterocycles. The summed E-state index contributed by atoms with van der Waals surface area (Å²) in [6.07, 6.45) is 4.26. The van der Waals surface area contributed by atoms with Gasteiger partial charge in [-0.15, -0.1) is 24.0 Å². The van der Waals surface area contributed by atoms with Gasteiger partial charge in [-0.25, -0.2) is 8.42 Å². The molecular formula is C14H33IN4O2S. The lowest BCUT2D eigenvalue weighted by Crippen LogP contribution is -2.45. The van der Waals surface area contributed by atoms with Gasteiger partial charge in [-0.05, 0) is 33.4 Å². The SMILES string of the molecule is CCCCN(C)CCNC(=NC)NC(C)CCS(C)(=O)=O.I. The average Bonchev–Trinajstić information content (AvgIpc) is 2.41. The first-order valence-corrected chi connectivity index (χ1v) is 9.68. The van der Waals surface area contributed by atoms with Gasteiger partial charge in [0.2, 0.25) is 0 Å². The minimum Gasteiger partial charge on any atom is -0.355 e. The summed E-state index contributed by atoms with van der Waals surface area (Å²) in [5.41, 5.74) is 0. The Hall–Kier alpha value is -0.0900. The van der Waals surface area contributed by atoms with E-state index in [0.29, 0.717) is 6.42 Å². The van der Waals surface area contributed by atoms with Gasteiger partial charge in [-0.1, -0.05) is 13.3 Å². The number of nitrogens with one attached hydrogen (secondary N) is 2. The van der Waals surface area contributed by atoms with Crippen molar-refractivity contribution >= 4 is 39.8 Å². The summed E-state index contributed by atoms with van der Waals surface area (Å²) in [7, 11) is 0.929. The van der Waals surface area contributed by atoms with Crippen LogP contribution in [0.5, 0.6) is 0 Å². The van der Waals surface area contributed by atoms with Crippen molar-refractivity contribution < 1.29 is 8.42 Å². The van der Waals surface area contributed by atoms with Crippen LogP contribution in [-0.4, -0.2) is 71.1 Å². The zero-order chi connectivity index (χ0) is 16.3. The molecule has 1 unspecified atom stereocenters. The third-order valence-electron chi connectivity index (χ3n) is 3.21. The maximum atomic E-state index is 11.1. The quantitative estimate of drug-likeness (QED) is 0.300. The largest absolute Gasteiger partial charge is 0.355 e. The molecule has 1 atom stereocenters. The third kappa shape index (κ3) is 14.8. The van der Waals surface area contributed by atoms with Crippen LogP contribution >= 0.6 is 24.0 Å². The van der Waals surface area contributed by atoms with E-state index in [4.69, 9.17) is 0 Å². The number of likely N-dealkylation sites (N-methyl/N-ethyl adjacent to an activating group) is 1. The Morgan fingerprint density at radius 3 is 2.45 bits per heavy atom. The van der Waals surface area contributed by atoms with Crippen molar-refractivity contribution in [1.29, 1.82) is 0 Å². The van der Waals surface area contributed by atoms with Crippen molar-refractivity contribution in [3.05, 3.63) is 0 Å². The molecule has 6 nitrogen and oxygen atoms in total. The number of rotatable bonds is 10. The predicted molar refractivity (Wildman–Crippen MR) is 106 cm³/mol. The number of unbranched alkanes of at least 4 members (excludes halogenated alkanes) is 1. The van der Waals surface area contributed by atoms with Crippen molar-refractivity contribution in [2.45, 2.75) is 39.2 Å². The molecule has 0 aromatic rings. The van der Waals surface area contributed by atoms with Crippen LogP contribution < -0.4 is 10.6 Å². The molecule has 0 fully saturated rings. The van der Waals surface area contributed by atoms with Crippen LogP contribution in [0.15, 0.2) is 4.99 Å².